The van der Waals surface area contributed by atoms with Crippen molar-refractivity contribution in [3.63, 3.8) is 0 Å². The Kier molecular flexibility index (Phi) is 5.13. The average molecular weight is 423 g/mol. The second-order valence-electron chi connectivity index (χ2n) is 7.38. The quantitative estimate of drug-likeness (QED) is 0.488. The van der Waals surface area contributed by atoms with Gasteiger partial charge in [0.05, 0.1) is 18.0 Å². The lowest BCUT2D eigenvalue weighted by atomic mass is 9.96. The van der Waals surface area contributed by atoms with Crippen LogP contribution in [0.25, 0.3) is 16.8 Å². The molecular weight excluding hydrogens is 402 g/mol. The molecule has 32 heavy (non-hydrogen) atoms. The molecule has 5 rings (SSSR count). The van der Waals surface area contributed by atoms with E-state index in [-0.39, 0.29) is 12.3 Å². The number of carbonyl (C=O) groups is 1. The number of aliphatic hydroxyl groups excluding tert-OH is 1. The Morgan fingerprint density at radius 1 is 0.969 bits per heavy atom. The Labute approximate surface area is 185 Å². The lowest BCUT2D eigenvalue weighted by molar-refractivity contribution is 0.0512. The zero-order chi connectivity index (χ0) is 22.1. The van der Waals surface area contributed by atoms with Crippen molar-refractivity contribution in [2.45, 2.75) is 13.2 Å². The van der Waals surface area contributed by atoms with Gasteiger partial charge in [0, 0.05) is 11.1 Å². The van der Waals surface area contributed by atoms with Gasteiger partial charge in [0.2, 0.25) is 0 Å². The summed E-state index contributed by atoms with van der Waals surface area (Å²) in [5.41, 5.74) is 5.59. The molecule has 0 spiro atoms. The maximum Gasteiger partial charge on any atom is 0.359 e. The molecule has 0 unspecified atom stereocenters. The largest absolute Gasteiger partial charge is 0.461 e. The number of benzene rings is 3. The topological polar surface area (TPSA) is 76.7 Å². The normalized spacial score (nSPS) is 14.7. The Bertz CT molecular complexity index is 1310. The average Bonchev–Trinajstić information content (AvgIpc) is 3.24. The van der Waals surface area contributed by atoms with Gasteiger partial charge in [-0.2, -0.15) is 0 Å². The SMILES string of the molecule is CCOC(=O)c1ncn2c1[C@@H](O)N=C(c1ccccc1)c1cc(-c3ccccc3)ccc1-2. The highest BCUT2D eigenvalue weighted by Gasteiger charge is 2.30. The standard InChI is InChI=1S/C26H21N3O3/c1-2-32-26(31)23-24-25(30)28-22(18-11-7-4-8-12-18)20-15-19(17-9-5-3-6-10-17)13-14-21(20)29(24)16-27-23/h3-16,25,30H,2H2,1H3/t25-/m1/s1. The number of rotatable bonds is 4. The molecule has 0 fully saturated rings. The molecule has 1 atom stereocenters. The smallest absolute Gasteiger partial charge is 0.359 e. The number of carbonyl (C=O) groups excluding carboxylic acids is 1. The second-order valence-corrected chi connectivity index (χ2v) is 7.38. The Hall–Kier alpha value is -4.03. The maximum atomic E-state index is 12.5. The van der Waals surface area contributed by atoms with E-state index in [0.717, 1.165) is 27.9 Å². The molecule has 2 heterocycles. The van der Waals surface area contributed by atoms with Crippen LogP contribution in [0.1, 0.15) is 40.5 Å². The van der Waals surface area contributed by atoms with E-state index < -0.39 is 12.2 Å². The molecule has 0 radical (unpaired) electrons. The van der Waals surface area contributed by atoms with Crippen molar-refractivity contribution < 1.29 is 14.6 Å². The van der Waals surface area contributed by atoms with Gasteiger partial charge in [-0.25, -0.2) is 14.8 Å². The van der Waals surface area contributed by atoms with Gasteiger partial charge < -0.3 is 9.84 Å². The van der Waals surface area contributed by atoms with Crippen LogP contribution in [0.5, 0.6) is 0 Å². The molecule has 1 aromatic heterocycles. The number of aliphatic imine (C=N–C) groups is 1. The van der Waals surface area contributed by atoms with E-state index in [0.29, 0.717) is 11.4 Å². The summed E-state index contributed by atoms with van der Waals surface area (Å²) in [7, 11) is 0. The Balaban J connectivity index is 1.76. The molecular formula is C26H21N3O3. The van der Waals surface area contributed by atoms with Gasteiger partial charge in [-0.15, -0.1) is 0 Å². The van der Waals surface area contributed by atoms with E-state index in [1.54, 1.807) is 11.5 Å². The maximum absolute atomic E-state index is 12.5. The summed E-state index contributed by atoms with van der Waals surface area (Å²) in [4.78, 5) is 21.4. The second kappa shape index (κ2) is 8.24. The van der Waals surface area contributed by atoms with Crippen LogP contribution in [0.15, 0.2) is 90.2 Å². The van der Waals surface area contributed by atoms with Crippen molar-refractivity contribution in [1.29, 1.82) is 0 Å². The molecule has 0 amide bonds. The monoisotopic (exact) mass is 423 g/mol. The number of imidazole rings is 1. The van der Waals surface area contributed by atoms with Crippen molar-refractivity contribution >= 4 is 11.7 Å². The summed E-state index contributed by atoms with van der Waals surface area (Å²) < 4.78 is 6.87. The number of aromatic nitrogens is 2. The van der Waals surface area contributed by atoms with Crippen molar-refractivity contribution in [1.82, 2.24) is 9.55 Å². The lowest BCUT2D eigenvalue weighted by Gasteiger charge is -2.14. The Morgan fingerprint density at radius 2 is 1.66 bits per heavy atom. The van der Waals surface area contributed by atoms with Crippen molar-refractivity contribution in [3.05, 3.63) is 108 Å². The first-order valence-corrected chi connectivity index (χ1v) is 10.4. The molecule has 158 valence electrons. The van der Waals surface area contributed by atoms with Gasteiger partial charge in [-0.1, -0.05) is 66.7 Å². The fourth-order valence-corrected chi connectivity index (χ4v) is 3.98. The minimum Gasteiger partial charge on any atom is -0.461 e. The first-order valence-electron chi connectivity index (χ1n) is 10.4. The molecule has 6 heteroatoms. The number of hydrogen-bond acceptors (Lipinski definition) is 5. The first-order chi connectivity index (χ1) is 15.7. The number of fused-ring (bicyclic) bond motifs is 3. The van der Waals surface area contributed by atoms with Gasteiger partial charge in [-0.05, 0) is 30.2 Å². The van der Waals surface area contributed by atoms with Gasteiger partial charge in [0.25, 0.3) is 0 Å². The molecule has 0 bridgehead atoms. The van der Waals surface area contributed by atoms with E-state index >= 15 is 0 Å². The van der Waals surface area contributed by atoms with Crippen molar-refractivity contribution in [2.75, 3.05) is 6.61 Å². The highest BCUT2D eigenvalue weighted by Crippen LogP contribution is 2.34. The third kappa shape index (κ3) is 3.40. The highest BCUT2D eigenvalue weighted by molar-refractivity contribution is 6.16. The summed E-state index contributed by atoms with van der Waals surface area (Å²) in [5, 5.41) is 11.1. The lowest BCUT2D eigenvalue weighted by Crippen LogP contribution is -2.12. The molecule has 6 nitrogen and oxygen atoms in total. The van der Waals surface area contributed by atoms with Crippen molar-refractivity contribution in [3.8, 4) is 16.8 Å². The van der Waals surface area contributed by atoms with Crippen LogP contribution in [0.3, 0.4) is 0 Å². The minimum atomic E-state index is -1.28. The van der Waals surface area contributed by atoms with Crippen LogP contribution >= 0.6 is 0 Å². The van der Waals surface area contributed by atoms with Crippen LogP contribution in [0, 0.1) is 0 Å². The fraction of sp³-hybridized carbons (Fsp3) is 0.115. The highest BCUT2D eigenvalue weighted by atomic mass is 16.5. The van der Waals surface area contributed by atoms with Crippen LogP contribution in [-0.2, 0) is 4.74 Å². The molecule has 3 aromatic carbocycles. The predicted molar refractivity (Wildman–Crippen MR) is 122 cm³/mol. The van der Waals surface area contributed by atoms with Gasteiger partial charge in [0.15, 0.2) is 11.9 Å². The minimum absolute atomic E-state index is 0.0653. The summed E-state index contributed by atoms with van der Waals surface area (Å²) in [6.07, 6.45) is 0.259. The van der Waals surface area contributed by atoms with Gasteiger partial charge >= 0.3 is 5.97 Å². The van der Waals surface area contributed by atoms with Gasteiger partial charge in [0.1, 0.15) is 12.0 Å². The first kappa shape index (κ1) is 19.9. The molecule has 0 saturated heterocycles. The fourth-order valence-electron chi connectivity index (χ4n) is 3.98. The molecule has 0 aliphatic carbocycles. The zero-order valence-corrected chi connectivity index (χ0v) is 17.5. The van der Waals surface area contributed by atoms with Crippen LogP contribution in [0.4, 0.5) is 0 Å². The van der Waals surface area contributed by atoms with Crippen LogP contribution < -0.4 is 0 Å². The predicted octanol–water partition coefficient (Wildman–Crippen LogP) is 4.56. The molecule has 1 N–H and O–H groups in total. The number of hydrogen-bond donors (Lipinski definition) is 1. The van der Waals surface area contributed by atoms with Gasteiger partial charge in [-0.3, -0.25) is 4.57 Å². The summed E-state index contributed by atoms with van der Waals surface area (Å²) in [5.74, 6) is -0.582. The number of ether oxygens (including phenoxy) is 1. The van der Waals surface area contributed by atoms with Crippen LogP contribution in [-0.4, -0.2) is 32.9 Å². The van der Waals surface area contributed by atoms with E-state index in [2.05, 4.69) is 16.0 Å². The number of nitrogens with zero attached hydrogens (tertiary/aromatic N) is 3. The third-order valence-electron chi connectivity index (χ3n) is 5.43. The van der Waals surface area contributed by atoms with Crippen molar-refractivity contribution in [2.24, 2.45) is 4.99 Å². The number of aliphatic hydroxyl groups is 1. The zero-order valence-electron chi connectivity index (χ0n) is 17.5. The summed E-state index contributed by atoms with van der Waals surface area (Å²) in [6.45, 7) is 1.95. The molecule has 1 aliphatic rings. The molecule has 1 aliphatic heterocycles. The van der Waals surface area contributed by atoms with E-state index in [4.69, 9.17) is 4.74 Å². The Morgan fingerprint density at radius 3 is 2.34 bits per heavy atom. The third-order valence-corrected chi connectivity index (χ3v) is 5.43. The van der Waals surface area contributed by atoms with E-state index in [1.807, 2.05) is 72.8 Å². The molecule has 0 saturated carbocycles. The summed E-state index contributed by atoms with van der Waals surface area (Å²) >= 11 is 0. The summed E-state index contributed by atoms with van der Waals surface area (Å²) in [6, 6.07) is 25.8. The number of esters is 1. The van der Waals surface area contributed by atoms with E-state index in [1.165, 1.54) is 6.33 Å². The van der Waals surface area contributed by atoms with Crippen LogP contribution in [0.2, 0.25) is 0 Å². The molecule has 4 aromatic rings. The van der Waals surface area contributed by atoms with E-state index in [9.17, 15) is 9.90 Å².